The Bertz CT molecular complexity index is 1740. The van der Waals surface area contributed by atoms with E-state index < -0.39 is 29.2 Å². The maximum Gasteiger partial charge on any atom is 0.434 e. The summed E-state index contributed by atoms with van der Waals surface area (Å²) in [7, 11) is 0. The Kier molecular flexibility index (Phi) is 6.76. The molecule has 9 nitrogen and oxygen atoms in total. The molecule has 0 aliphatic heterocycles. The van der Waals surface area contributed by atoms with Gasteiger partial charge in [-0.25, -0.2) is 14.8 Å². The van der Waals surface area contributed by atoms with Crippen LogP contribution in [0.2, 0.25) is 0 Å². The van der Waals surface area contributed by atoms with Crippen molar-refractivity contribution in [1.82, 2.24) is 25.2 Å². The fourth-order valence-electron chi connectivity index (χ4n) is 4.61. The number of amides is 3. The summed E-state index contributed by atoms with van der Waals surface area (Å²) in [6, 6.07) is 6.39. The van der Waals surface area contributed by atoms with E-state index >= 15 is 0 Å². The van der Waals surface area contributed by atoms with Gasteiger partial charge in [-0.2, -0.15) is 13.2 Å². The number of nitrogens with zero attached hydrogens (tertiary/aromatic N) is 3. The van der Waals surface area contributed by atoms with Gasteiger partial charge in [-0.15, -0.1) is 11.3 Å². The molecule has 0 unspecified atom stereocenters. The van der Waals surface area contributed by atoms with E-state index in [0.717, 1.165) is 42.4 Å². The predicted octanol–water partition coefficient (Wildman–Crippen LogP) is 5.57. The maximum absolute atomic E-state index is 13.6. The Balaban J connectivity index is 1.49. The van der Waals surface area contributed by atoms with E-state index in [4.69, 9.17) is 0 Å². The third kappa shape index (κ3) is 5.53. The number of benzene rings is 1. The van der Waals surface area contributed by atoms with Gasteiger partial charge in [0, 0.05) is 52.9 Å². The number of fused-ring (bicyclic) bond motifs is 1. The number of hydrogen-bond donors (Lipinski definition) is 3. The van der Waals surface area contributed by atoms with Crippen LogP contribution in [0.3, 0.4) is 0 Å². The van der Waals surface area contributed by atoms with Crippen molar-refractivity contribution in [2.24, 2.45) is 0 Å². The van der Waals surface area contributed by atoms with Crippen LogP contribution in [0.1, 0.15) is 54.7 Å². The lowest BCUT2D eigenvalue weighted by molar-refractivity contribution is -0.140. The van der Waals surface area contributed by atoms with Crippen LogP contribution < -0.4 is 21.4 Å². The Morgan fingerprint density at radius 1 is 1.12 bits per heavy atom. The molecule has 41 heavy (non-hydrogen) atoms. The minimum atomic E-state index is -4.63. The molecule has 3 N–H and O–H groups in total. The zero-order valence-electron chi connectivity index (χ0n) is 21.8. The SMILES string of the molecule is CCNC(=O)Nc1cc(-c2nc(C(F)(F)F)cs2)c(-c2ccc3c(c2)c(=O)c(C(=O)NC2CC2)cn3C2CC2)cn1. The number of hydrogen-bond acceptors (Lipinski definition) is 6. The third-order valence-corrected chi connectivity index (χ3v) is 7.82. The molecule has 3 amide bonds. The summed E-state index contributed by atoms with van der Waals surface area (Å²) in [5.74, 6) is -0.292. The predicted molar refractivity (Wildman–Crippen MR) is 149 cm³/mol. The molecule has 2 aliphatic carbocycles. The zero-order valence-corrected chi connectivity index (χ0v) is 22.7. The van der Waals surface area contributed by atoms with Crippen LogP contribution in [0.25, 0.3) is 32.6 Å². The second-order valence-electron chi connectivity index (χ2n) is 10.1. The first-order chi connectivity index (χ1) is 19.6. The molecule has 13 heteroatoms. The average molecular weight is 583 g/mol. The van der Waals surface area contributed by atoms with Gasteiger partial charge in [0.25, 0.3) is 5.91 Å². The average Bonchev–Trinajstić information content (AvgIpc) is 3.87. The Hall–Kier alpha value is -4.26. The highest BCUT2D eigenvalue weighted by atomic mass is 32.1. The molecule has 3 heterocycles. The van der Waals surface area contributed by atoms with E-state index in [1.54, 1.807) is 31.3 Å². The highest BCUT2D eigenvalue weighted by Crippen LogP contribution is 2.40. The number of nitrogens with one attached hydrogen (secondary N) is 3. The van der Waals surface area contributed by atoms with E-state index in [0.29, 0.717) is 34.1 Å². The van der Waals surface area contributed by atoms with Crippen molar-refractivity contribution in [3.63, 3.8) is 0 Å². The molecule has 0 atom stereocenters. The zero-order chi connectivity index (χ0) is 28.9. The summed E-state index contributed by atoms with van der Waals surface area (Å²) in [5, 5.41) is 9.35. The molecule has 212 valence electrons. The number of halogens is 3. The largest absolute Gasteiger partial charge is 0.434 e. The van der Waals surface area contributed by atoms with Crippen molar-refractivity contribution in [3.05, 3.63) is 63.5 Å². The van der Waals surface area contributed by atoms with E-state index in [2.05, 4.69) is 25.9 Å². The lowest BCUT2D eigenvalue weighted by Crippen LogP contribution is -2.31. The van der Waals surface area contributed by atoms with Gasteiger partial charge in [-0.05, 0) is 56.4 Å². The number of alkyl halides is 3. The Morgan fingerprint density at radius 3 is 2.56 bits per heavy atom. The van der Waals surface area contributed by atoms with Crippen LogP contribution in [0.15, 0.2) is 46.8 Å². The molecular weight excluding hydrogens is 557 g/mol. The van der Waals surface area contributed by atoms with Gasteiger partial charge >= 0.3 is 12.2 Å². The van der Waals surface area contributed by atoms with Crippen LogP contribution in [0.5, 0.6) is 0 Å². The first-order valence-electron chi connectivity index (χ1n) is 13.2. The van der Waals surface area contributed by atoms with Crippen molar-refractivity contribution in [2.45, 2.75) is 50.9 Å². The van der Waals surface area contributed by atoms with Gasteiger partial charge in [0.1, 0.15) is 16.4 Å². The standard InChI is InChI=1S/C28H25F3N6O3S/c1-2-32-27(40)36-23-10-17(26-35-22(13-41-26)28(29,30)31)19(11-33-23)14-3-8-21-18(9-14)24(38)20(12-37(21)16-6-7-16)25(39)34-15-4-5-15/h3,8-13,15-16H,2,4-7H2,1H3,(H,34,39)(H2,32,33,36,40). The molecule has 0 saturated heterocycles. The van der Waals surface area contributed by atoms with Gasteiger partial charge in [0.05, 0.1) is 5.52 Å². The maximum atomic E-state index is 13.6. The van der Waals surface area contributed by atoms with Crippen molar-refractivity contribution in [2.75, 3.05) is 11.9 Å². The summed E-state index contributed by atoms with van der Waals surface area (Å²) in [6.45, 7) is 2.11. The monoisotopic (exact) mass is 582 g/mol. The molecule has 2 aliphatic rings. The van der Waals surface area contributed by atoms with Gasteiger partial charge in [0.2, 0.25) is 5.43 Å². The molecule has 1 aromatic carbocycles. The molecule has 2 saturated carbocycles. The van der Waals surface area contributed by atoms with E-state index in [1.165, 1.54) is 12.3 Å². The Morgan fingerprint density at radius 2 is 1.90 bits per heavy atom. The summed E-state index contributed by atoms with van der Waals surface area (Å²) in [4.78, 5) is 46.7. The number of carbonyl (C=O) groups excluding carboxylic acids is 2. The van der Waals surface area contributed by atoms with Crippen LogP contribution in [-0.4, -0.2) is 39.1 Å². The van der Waals surface area contributed by atoms with Gasteiger partial charge in [-0.3, -0.25) is 14.9 Å². The number of pyridine rings is 2. The van der Waals surface area contributed by atoms with E-state index in [1.807, 2.05) is 4.57 Å². The fraction of sp³-hybridized carbons (Fsp3) is 0.321. The summed E-state index contributed by atoms with van der Waals surface area (Å²) in [6.07, 6.45) is 2.06. The molecule has 0 radical (unpaired) electrons. The number of aromatic nitrogens is 3. The number of urea groups is 1. The van der Waals surface area contributed by atoms with Crippen LogP contribution in [0, 0.1) is 0 Å². The molecule has 3 aromatic heterocycles. The topological polar surface area (TPSA) is 118 Å². The normalized spacial score (nSPS) is 15.1. The lowest BCUT2D eigenvalue weighted by Gasteiger charge is -2.15. The minimum absolute atomic E-state index is 0.0584. The number of rotatable bonds is 7. The van der Waals surface area contributed by atoms with Gasteiger partial charge in [0.15, 0.2) is 5.69 Å². The smallest absolute Gasteiger partial charge is 0.349 e. The quantitative estimate of drug-likeness (QED) is 0.263. The second kappa shape index (κ2) is 10.3. The van der Waals surface area contributed by atoms with E-state index in [-0.39, 0.29) is 28.5 Å². The third-order valence-electron chi connectivity index (χ3n) is 6.95. The highest BCUT2D eigenvalue weighted by molar-refractivity contribution is 7.13. The Labute approximate surface area is 235 Å². The first-order valence-corrected chi connectivity index (χ1v) is 14.1. The lowest BCUT2D eigenvalue weighted by atomic mass is 9.99. The molecule has 0 spiro atoms. The van der Waals surface area contributed by atoms with Crippen LogP contribution in [0.4, 0.5) is 23.8 Å². The number of anilines is 1. The molecular formula is C28H25F3N6O3S. The fourth-order valence-corrected chi connectivity index (χ4v) is 5.47. The van der Waals surface area contributed by atoms with Gasteiger partial charge in [-0.1, -0.05) is 6.07 Å². The number of thiazole rings is 1. The first kappa shape index (κ1) is 26.9. The van der Waals surface area contributed by atoms with Crippen molar-refractivity contribution in [1.29, 1.82) is 0 Å². The molecule has 2 fully saturated rings. The summed E-state index contributed by atoms with van der Waals surface area (Å²) < 4.78 is 42.1. The molecule has 4 aromatic rings. The molecule has 0 bridgehead atoms. The van der Waals surface area contributed by atoms with Crippen LogP contribution in [-0.2, 0) is 6.18 Å². The summed E-state index contributed by atoms with van der Waals surface area (Å²) in [5.41, 5.74) is 0.501. The van der Waals surface area contributed by atoms with Crippen molar-refractivity contribution >= 4 is 40.0 Å². The van der Waals surface area contributed by atoms with Crippen molar-refractivity contribution < 1.29 is 22.8 Å². The summed E-state index contributed by atoms with van der Waals surface area (Å²) >= 11 is 0.810. The van der Waals surface area contributed by atoms with Crippen molar-refractivity contribution in [3.8, 4) is 21.7 Å². The molecule has 6 rings (SSSR count). The van der Waals surface area contributed by atoms with Gasteiger partial charge < -0.3 is 15.2 Å². The van der Waals surface area contributed by atoms with Crippen LogP contribution >= 0.6 is 11.3 Å². The minimum Gasteiger partial charge on any atom is -0.349 e. The van der Waals surface area contributed by atoms with E-state index in [9.17, 15) is 27.6 Å². The highest BCUT2D eigenvalue weighted by Gasteiger charge is 2.34. The second-order valence-corrected chi connectivity index (χ2v) is 11.0. The number of carbonyl (C=O) groups is 2.